The van der Waals surface area contributed by atoms with E-state index in [2.05, 4.69) is 0 Å². The molecule has 0 aromatic carbocycles. The SMILES string of the molecule is CC(C)C[P+](O)(O)C(C)C. The first-order valence-electron chi connectivity index (χ1n) is 3.69. The molecule has 0 aromatic rings. The number of hydrogen-bond acceptors (Lipinski definition) is 2. The van der Waals surface area contributed by atoms with Crippen LogP contribution in [0.4, 0.5) is 0 Å². The Hall–Kier alpha value is 0.350. The summed E-state index contributed by atoms with van der Waals surface area (Å²) in [6.07, 6.45) is 0.560. The van der Waals surface area contributed by atoms with Gasteiger partial charge in [-0.3, -0.25) is 0 Å². The maximum absolute atomic E-state index is 9.43. The molecule has 0 aromatic heterocycles. The molecular formula is C7H18O2P+. The zero-order valence-corrected chi connectivity index (χ0v) is 8.10. The molecule has 10 heavy (non-hydrogen) atoms. The first-order chi connectivity index (χ1) is 4.36. The van der Waals surface area contributed by atoms with Gasteiger partial charge < -0.3 is 0 Å². The summed E-state index contributed by atoms with van der Waals surface area (Å²) in [6.45, 7) is 7.72. The van der Waals surface area contributed by atoms with Gasteiger partial charge in [-0.05, 0) is 19.8 Å². The summed E-state index contributed by atoms with van der Waals surface area (Å²) >= 11 is 0. The Morgan fingerprint density at radius 2 is 1.50 bits per heavy atom. The van der Waals surface area contributed by atoms with E-state index >= 15 is 0 Å². The van der Waals surface area contributed by atoms with Crippen LogP contribution in [0.25, 0.3) is 0 Å². The predicted molar refractivity (Wildman–Crippen MR) is 46.2 cm³/mol. The fourth-order valence-corrected chi connectivity index (χ4v) is 2.24. The third kappa shape index (κ3) is 3.50. The van der Waals surface area contributed by atoms with E-state index in [1.165, 1.54) is 0 Å². The largest absolute Gasteiger partial charge is 0.270 e. The maximum atomic E-state index is 9.43. The molecule has 0 saturated heterocycles. The fourth-order valence-electron chi connectivity index (χ4n) is 0.748. The molecule has 0 saturated carbocycles. The van der Waals surface area contributed by atoms with Crippen LogP contribution in [-0.2, 0) is 0 Å². The summed E-state index contributed by atoms with van der Waals surface area (Å²) in [5, 5.41) is 0. The first kappa shape index (κ1) is 10.3. The van der Waals surface area contributed by atoms with Crippen LogP contribution < -0.4 is 0 Å². The molecule has 0 aliphatic rings. The van der Waals surface area contributed by atoms with Gasteiger partial charge >= 0.3 is 0 Å². The van der Waals surface area contributed by atoms with Gasteiger partial charge in [-0.15, -0.1) is 0 Å². The van der Waals surface area contributed by atoms with Crippen LogP contribution in [0.1, 0.15) is 27.7 Å². The third-order valence-corrected chi connectivity index (χ3v) is 4.38. The number of rotatable bonds is 3. The smallest absolute Gasteiger partial charge is 0.220 e. The van der Waals surface area contributed by atoms with Crippen molar-refractivity contribution < 1.29 is 9.79 Å². The van der Waals surface area contributed by atoms with Crippen molar-refractivity contribution in [3.05, 3.63) is 0 Å². The highest BCUT2D eigenvalue weighted by Gasteiger charge is 2.37. The van der Waals surface area contributed by atoms with Crippen molar-refractivity contribution in [2.24, 2.45) is 5.92 Å². The van der Waals surface area contributed by atoms with Crippen molar-refractivity contribution in [1.82, 2.24) is 0 Å². The molecule has 0 atom stereocenters. The van der Waals surface area contributed by atoms with Gasteiger partial charge in [0.1, 0.15) is 11.8 Å². The maximum Gasteiger partial charge on any atom is 0.270 e. The Balaban J connectivity index is 3.87. The molecule has 0 spiro atoms. The second kappa shape index (κ2) is 3.66. The molecule has 0 radical (unpaired) electrons. The minimum Gasteiger partial charge on any atom is -0.220 e. The van der Waals surface area contributed by atoms with E-state index in [4.69, 9.17) is 0 Å². The molecule has 62 valence electrons. The highest BCUT2D eigenvalue weighted by Crippen LogP contribution is 2.55. The summed E-state index contributed by atoms with van der Waals surface area (Å²) < 4.78 is 0. The van der Waals surface area contributed by atoms with E-state index in [-0.39, 0.29) is 5.66 Å². The van der Waals surface area contributed by atoms with Gasteiger partial charge in [-0.25, -0.2) is 9.79 Å². The summed E-state index contributed by atoms with van der Waals surface area (Å²) in [6, 6.07) is 0. The van der Waals surface area contributed by atoms with Crippen LogP contribution >= 0.6 is 7.72 Å². The van der Waals surface area contributed by atoms with Crippen LogP contribution in [-0.4, -0.2) is 21.6 Å². The molecule has 3 heteroatoms. The van der Waals surface area contributed by atoms with E-state index in [1.807, 2.05) is 27.7 Å². The molecule has 0 unspecified atom stereocenters. The van der Waals surface area contributed by atoms with E-state index in [9.17, 15) is 9.79 Å². The lowest BCUT2D eigenvalue weighted by atomic mass is 10.3. The van der Waals surface area contributed by atoms with Gasteiger partial charge in [0.25, 0.3) is 7.72 Å². The summed E-state index contributed by atoms with van der Waals surface area (Å²) in [5.74, 6) is 0.380. The lowest BCUT2D eigenvalue weighted by Gasteiger charge is -2.17. The highest BCUT2D eigenvalue weighted by atomic mass is 31.2. The molecule has 0 aliphatic carbocycles. The molecule has 0 bridgehead atoms. The van der Waals surface area contributed by atoms with E-state index in [0.717, 1.165) is 0 Å². The Morgan fingerprint density at radius 3 is 1.60 bits per heavy atom. The van der Waals surface area contributed by atoms with Crippen molar-refractivity contribution in [1.29, 1.82) is 0 Å². The average Bonchev–Trinajstić information content (AvgIpc) is 1.60. The molecular weight excluding hydrogens is 147 g/mol. The minimum atomic E-state index is -2.57. The molecule has 2 N–H and O–H groups in total. The third-order valence-electron chi connectivity index (χ3n) is 1.46. The Bertz CT molecular complexity index is 99.8. The molecule has 0 rings (SSSR count). The quantitative estimate of drug-likeness (QED) is 0.627. The summed E-state index contributed by atoms with van der Waals surface area (Å²) in [4.78, 5) is 18.9. The highest BCUT2D eigenvalue weighted by molar-refractivity contribution is 7.65. The van der Waals surface area contributed by atoms with Crippen LogP contribution in [0.5, 0.6) is 0 Å². The minimum absolute atomic E-state index is 0.0231. The zero-order chi connectivity index (χ0) is 8.36. The number of hydrogen-bond donors (Lipinski definition) is 2. The van der Waals surface area contributed by atoms with Gasteiger partial charge in [0.15, 0.2) is 0 Å². The van der Waals surface area contributed by atoms with Crippen molar-refractivity contribution in [3.8, 4) is 0 Å². The molecule has 0 amide bonds. The lowest BCUT2D eigenvalue weighted by molar-refractivity contribution is 0.427. The van der Waals surface area contributed by atoms with E-state index < -0.39 is 7.72 Å². The van der Waals surface area contributed by atoms with E-state index in [0.29, 0.717) is 12.1 Å². The molecule has 0 fully saturated rings. The predicted octanol–water partition coefficient (Wildman–Crippen LogP) is 1.88. The summed E-state index contributed by atoms with van der Waals surface area (Å²) in [5.41, 5.74) is 0.0231. The van der Waals surface area contributed by atoms with Crippen molar-refractivity contribution in [3.63, 3.8) is 0 Å². The Morgan fingerprint density at radius 1 is 1.10 bits per heavy atom. The van der Waals surface area contributed by atoms with Crippen LogP contribution in [0.2, 0.25) is 0 Å². The standard InChI is InChI=1S/C7H18O2P/c1-6(2)5-10(8,9)7(3)4/h6-9H,5H2,1-4H3/q+1. The second-order valence-corrected chi connectivity index (χ2v) is 6.43. The van der Waals surface area contributed by atoms with Gasteiger partial charge in [0.2, 0.25) is 0 Å². The molecule has 0 aliphatic heterocycles. The van der Waals surface area contributed by atoms with Crippen molar-refractivity contribution in [2.45, 2.75) is 33.4 Å². The normalized spacial score (nSPS) is 13.2. The fraction of sp³-hybridized carbons (Fsp3) is 1.00. The van der Waals surface area contributed by atoms with Crippen LogP contribution in [0.15, 0.2) is 0 Å². The van der Waals surface area contributed by atoms with Crippen LogP contribution in [0, 0.1) is 5.92 Å². The van der Waals surface area contributed by atoms with Gasteiger partial charge in [0.05, 0.1) is 0 Å². The van der Waals surface area contributed by atoms with E-state index in [1.54, 1.807) is 0 Å². The zero-order valence-electron chi connectivity index (χ0n) is 7.20. The first-order valence-corrected chi connectivity index (χ1v) is 5.64. The Kier molecular flexibility index (Phi) is 3.79. The topological polar surface area (TPSA) is 40.5 Å². The van der Waals surface area contributed by atoms with Gasteiger partial charge in [-0.2, -0.15) is 0 Å². The summed E-state index contributed by atoms with van der Waals surface area (Å²) in [7, 11) is -2.57. The lowest BCUT2D eigenvalue weighted by Crippen LogP contribution is -2.11. The molecule has 2 nitrogen and oxygen atoms in total. The van der Waals surface area contributed by atoms with Gasteiger partial charge in [0, 0.05) is 0 Å². The average molecular weight is 165 g/mol. The monoisotopic (exact) mass is 165 g/mol. The Labute approximate surface area is 63.8 Å². The van der Waals surface area contributed by atoms with Crippen molar-refractivity contribution >= 4 is 7.72 Å². The van der Waals surface area contributed by atoms with Crippen molar-refractivity contribution in [2.75, 3.05) is 6.16 Å². The molecule has 0 heterocycles. The van der Waals surface area contributed by atoms with Crippen LogP contribution in [0.3, 0.4) is 0 Å². The second-order valence-electron chi connectivity index (χ2n) is 3.46. The van der Waals surface area contributed by atoms with Gasteiger partial charge in [-0.1, -0.05) is 13.8 Å².